The lowest BCUT2D eigenvalue weighted by molar-refractivity contribution is 0.0107. The van der Waals surface area contributed by atoms with Crippen LogP contribution in [0.5, 0.6) is 0 Å². The van der Waals surface area contributed by atoms with Crippen LogP contribution in [0.1, 0.15) is 54.6 Å². The van der Waals surface area contributed by atoms with E-state index in [0.717, 1.165) is 29.1 Å². The van der Waals surface area contributed by atoms with Crippen LogP contribution in [0.2, 0.25) is 0 Å². The number of aromatic nitrogens is 1. The van der Waals surface area contributed by atoms with Crippen molar-refractivity contribution in [2.75, 3.05) is 5.32 Å². The molecule has 4 nitrogen and oxygen atoms in total. The maximum atomic E-state index is 11.4. The number of hydrogen-bond donors (Lipinski definition) is 2. The van der Waals surface area contributed by atoms with Crippen molar-refractivity contribution in [2.45, 2.75) is 51.0 Å². The van der Waals surface area contributed by atoms with Gasteiger partial charge in [-0.05, 0) is 69.3 Å². The van der Waals surface area contributed by atoms with Crippen molar-refractivity contribution >= 4 is 11.7 Å². The van der Waals surface area contributed by atoms with E-state index in [9.17, 15) is 9.90 Å². The molecule has 1 aromatic heterocycles. The number of rotatable bonds is 3. The van der Waals surface area contributed by atoms with Crippen LogP contribution in [0.3, 0.4) is 0 Å². The number of nitrogens with zero attached hydrogens (tertiary/aromatic N) is 1. The van der Waals surface area contributed by atoms with E-state index in [2.05, 4.69) is 10.3 Å². The number of aromatic carboxylic acids is 1. The fraction of sp³-hybridized carbons (Fsp3) is 0.647. The van der Waals surface area contributed by atoms with Crippen molar-refractivity contribution in [1.29, 1.82) is 0 Å². The van der Waals surface area contributed by atoms with Gasteiger partial charge in [-0.1, -0.05) is 0 Å². The third-order valence-electron chi connectivity index (χ3n) is 5.71. The first-order chi connectivity index (χ1) is 10.0. The Balaban J connectivity index is 1.67. The molecule has 4 fully saturated rings. The van der Waals surface area contributed by atoms with Gasteiger partial charge in [0.15, 0.2) is 0 Å². The van der Waals surface area contributed by atoms with Gasteiger partial charge in [-0.15, -0.1) is 0 Å². The molecule has 4 aliphatic rings. The van der Waals surface area contributed by atoms with Crippen molar-refractivity contribution in [3.8, 4) is 0 Å². The summed E-state index contributed by atoms with van der Waals surface area (Å²) in [6.07, 6.45) is 9.28. The van der Waals surface area contributed by atoms with Gasteiger partial charge < -0.3 is 10.4 Å². The van der Waals surface area contributed by atoms with Crippen LogP contribution in [-0.4, -0.2) is 21.6 Å². The topological polar surface area (TPSA) is 62.2 Å². The Morgan fingerprint density at radius 1 is 1.24 bits per heavy atom. The largest absolute Gasteiger partial charge is 0.478 e. The third kappa shape index (κ3) is 2.21. The quantitative estimate of drug-likeness (QED) is 0.893. The van der Waals surface area contributed by atoms with E-state index < -0.39 is 5.97 Å². The predicted molar refractivity (Wildman–Crippen MR) is 80.5 cm³/mol. The highest BCUT2D eigenvalue weighted by atomic mass is 16.4. The van der Waals surface area contributed by atoms with Gasteiger partial charge in [0.2, 0.25) is 0 Å². The van der Waals surface area contributed by atoms with E-state index in [4.69, 9.17) is 0 Å². The molecule has 21 heavy (non-hydrogen) atoms. The van der Waals surface area contributed by atoms with Gasteiger partial charge in [0.05, 0.1) is 5.69 Å². The molecule has 5 rings (SSSR count). The molecule has 0 saturated heterocycles. The Morgan fingerprint density at radius 3 is 2.33 bits per heavy atom. The lowest BCUT2D eigenvalue weighted by atomic mass is 9.53. The molecule has 1 aromatic rings. The second-order valence-corrected chi connectivity index (χ2v) is 7.50. The molecule has 0 unspecified atom stereocenters. The molecular formula is C17H22N2O2. The van der Waals surface area contributed by atoms with Gasteiger partial charge in [0.1, 0.15) is 5.56 Å². The maximum absolute atomic E-state index is 11.4. The molecule has 4 aliphatic carbocycles. The lowest BCUT2D eigenvalue weighted by Crippen LogP contribution is -2.54. The number of hydrogen-bond acceptors (Lipinski definition) is 3. The summed E-state index contributed by atoms with van der Waals surface area (Å²) in [5.41, 5.74) is 2.06. The number of aryl methyl sites for hydroxylation is 1. The van der Waals surface area contributed by atoms with Gasteiger partial charge in [0, 0.05) is 17.4 Å². The first-order valence-corrected chi connectivity index (χ1v) is 8.01. The standard InChI is InChI=1S/C17H22N2O2/c1-10-2-15(14(9-18-10)16(20)21)19-17-6-11-3-12(7-17)5-13(4-11)8-17/h2,9,11-13H,3-8H2,1H3,(H,18,19)(H,20,21). The molecule has 112 valence electrons. The molecule has 4 saturated carbocycles. The molecular weight excluding hydrogens is 264 g/mol. The van der Waals surface area contributed by atoms with Crippen molar-refractivity contribution in [2.24, 2.45) is 17.8 Å². The van der Waals surface area contributed by atoms with E-state index in [1.54, 1.807) is 0 Å². The van der Waals surface area contributed by atoms with E-state index in [1.165, 1.54) is 44.7 Å². The van der Waals surface area contributed by atoms with Crippen LogP contribution in [-0.2, 0) is 0 Å². The van der Waals surface area contributed by atoms with E-state index >= 15 is 0 Å². The Kier molecular flexibility index (Phi) is 2.78. The Labute approximate surface area is 125 Å². The van der Waals surface area contributed by atoms with Crippen molar-refractivity contribution in [1.82, 2.24) is 4.98 Å². The lowest BCUT2D eigenvalue weighted by Gasteiger charge is -2.57. The van der Waals surface area contributed by atoms with E-state index in [1.807, 2.05) is 13.0 Å². The van der Waals surface area contributed by atoms with Gasteiger partial charge in [-0.2, -0.15) is 0 Å². The summed E-state index contributed by atoms with van der Waals surface area (Å²) in [5.74, 6) is 1.65. The molecule has 4 heteroatoms. The first-order valence-electron chi connectivity index (χ1n) is 8.01. The number of carboxylic acids is 1. The average molecular weight is 286 g/mol. The van der Waals surface area contributed by atoms with Crippen LogP contribution in [0, 0.1) is 24.7 Å². The highest BCUT2D eigenvalue weighted by molar-refractivity contribution is 5.94. The molecule has 0 radical (unpaired) electrons. The van der Waals surface area contributed by atoms with Crippen LogP contribution in [0.25, 0.3) is 0 Å². The minimum absolute atomic E-state index is 0.132. The summed E-state index contributed by atoms with van der Waals surface area (Å²) < 4.78 is 0. The Bertz CT molecular complexity index is 561. The van der Waals surface area contributed by atoms with Crippen molar-refractivity contribution in [3.05, 3.63) is 23.5 Å². The van der Waals surface area contributed by atoms with Gasteiger partial charge in [-0.25, -0.2) is 4.79 Å². The zero-order valence-electron chi connectivity index (χ0n) is 12.4. The molecule has 1 heterocycles. The smallest absolute Gasteiger partial charge is 0.339 e. The van der Waals surface area contributed by atoms with E-state index in [-0.39, 0.29) is 5.54 Å². The van der Waals surface area contributed by atoms with Gasteiger partial charge in [-0.3, -0.25) is 4.98 Å². The van der Waals surface area contributed by atoms with Crippen molar-refractivity contribution in [3.63, 3.8) is 0 Å². The summed E-state index contributed by atoms with van der Waals surface area (Å²) in [6.45, 7) is 1.91. The van der Waals surface area contributed by atoms with Crippen LogP contribution in [0.4, 0.5) is 5.69 Å². The molecule has 0 aromatic carbocycles. The summed E-state index contributed by atoms with van der Waals surface area (Å²) >= 11 is 0. The maximum Gasteiger partial charge on any atom is 0.339 e. The summed E-state index contributed by atoms with van der Waals surface area (Å²) in [6, 6.07) is 1.89. The summed E-state index contributed by atoms with van der Waals surface area (Å²) in [7, 11) is 0. The minimum Gasteiger partial charge on any atom is -0.478 e. The molecule has 0 amide bonds. The van der Waals surface area contributed by atoms with Crippen LogP contribution >= 0.6 is 0 Å². The fourth-order valence-electron chi connectivity index (χ4n) is 5.38. The van der Waals surface area contributed by atoms with Crippen LogP contribution in [0.15, 0.2) is 12.3 Å². The Morgan fingerprint density at radius 2 is 1.81 bits per heavy atom. The summed E-state index contributed by atoms with van der Waals surface area (Å²) in [4.78, 5) is 15.6. The monoisotopic (exact) mass is 286 g/mol. The highest BCUT2D eigenvalue weighted by Crippen LogP contribution is 2.56. The first kappa shape index (κ1) is 13.1. The van der Waals surface area contributed by atoms with E-state index in [0.29, 0.717) is 5.56 Å². The normalized spacial score (nSPS) is 36.7. The predicted octanol–water partition coefficient (Wildman–Crippen LogP) is 3.47. The number of anilines is 1. The van der Waals surface area contributed by atoms with Gasteiger partial charge >= 0.3 is 5.97 Å². The molecule has 0 aliphatic heterocycles. The molecule has 2 N–H and O–H groups in total. The minimum atomic E-state index is -0.894. The molecule has 0 atom stereocenters. The second-order valence-electron chi connectivity index (χ2n) is 7.50. The number of pyridine rings is 1. The fourth-order valence-corrected chi connectivity index (χ4v) is 5.38. The van der Waals surface area contributed by atoms with Crippen LogP contribution < -0.4 is 5.32 Å². The zero-order chi connectivity index (χ0) is 14.6. The molecule has 4 bridgehead atoms. The van der Waals surface area contributed by atoms with Gasteiger partial charge in [0.25, 0.3) is 0 Å². The average Bonchev–Trinajstić information content (AvgIpc) is 2.35. The third-order valence-corrected chi connectivity index (χ3v) is 5.71. The highest BCUT2D eigenvalue weighted by Gasteiger charge is 2.51. The molecule has 0 spiro atoms. The second kappa shape index (κ2) is 4.46. The zero-order valence-corrected chi connectivity index (χ0v) is 12.4. The van der Waals surface area contributed by atoms with Crippen molar-refractivity contribution < 1.29 is 9.90 Å². The number of carbonyl (C=O) groups is 1. The SMILES string of the molecule is Cc1cc(NC23CC4CC(CC(C4)C2)C3)c(C(=O)O)cn1. The number of carboxylic acid groups (broad SMARTS) is 1. The summed E-state index contributed by atoms with van der Waals surface area (Å²) in [5, 5.41) is 13.0. The Hall–Kier alpha value is -1.58. The number of nitrogens with one attached hydrogen (secondary N) is 1.